The first kappa shape index (κ1) is 39.2. The summed E-state index contributed by atoms with van der Waals surface area (Å²) in [5.74, 6) is 1.28. The molecule has 0 N–H and O–H groups in total. The maximum atomic E-state index is 8.59. The van der Waals surface area contributed by atoms with E-state index in [4.69, 9.17) is 16.3 Å². The van der Waals surface area contributed by atoms with Gasteiger partial charge < -0.3 is 14.0 Å². The van der Waals surface area contributed by atoms with Gasteiger partial charge in [-0.05, 0) is 100 Å². The Morgan fingerprint density at radius 1 is 0.762 bits per heavy atom. The molecule has 323 valence electrons. The smallest absolute Gasteiger partial charge is 0.121 e. The van der Waals surface area contributed by atoms with Gasteiger partial charge in [-0.1, -0.05) is 145 Å². The predicted octanol–water partition coefficient (Wildman–Crippen LogP) is 15.2. The first-order valence-corrected chi connectivity index (χ1v) is 25.2. The molecule has 4 nitrogen and oxygen atoms in total. The largest absolute Gasteiger partial charge is 0.501 e. The molecule has 0 aliphatic heterocycles. The van der Waals surface area contributed by atoms with Crippen molar-refractivity contribution in [3.05, 3.63) is 167 Å². The van der Waals surface area contributed by atoms with Crippen molar-refractivity contribution in [1.82, 2.24) is 14.5 Å². The van der Waals surface area contributed by atoms with Crippen molar-refractivity contribution in [3.63, 3.8) is 0 Å². The minimum Gasteiger partial charge on any atom is -0.501 e. The third-order valence-electron chi connectivity index (χ3n) is 11.4. The Labute approximate surface area is 396 Å². The van der Waals surface area contributed by atoms with Crippen LogP contribution in [0.25, 0.3) is 72.4 Å². The van der Waals surface area contributed by atoms with Crippen molar-refractivity contribution >= 4 is 46.2 Å². The van der Waals surface area contributed by atoms with Gasteiger partial charge in [-0.25, -0.2) is 0 Å². The predicted molar refractivity (Wildman–Crippen MR) is 266 cm³/mol. The van der Waals surface area contributed by atoms with Crippen LogP contribution in [0.15, 0.2) is 132 Å². The Balaban J connectivity index is 0.000000220. The van der Waals surface area contributed by atoms with Crippen LogP contribution in [0.1, 0.15) is 88.0 Å². The van der Waals surface area contributed by atoms with Gasteiger partial charge in [0.2, 0.25) is 0 Å². The summed E-state index contributed by atoms with van der Waals surface area (Å²) in [6.07, 6.45) is 0.328. The van der Waals surface area contributed by atoms with E-state index in [2.05, 4.69) is 167 Å². The topological polar surface area (TPSA) is 43.9 Å². The first-order chi connectivity index (χ1) is 31.6. The van der Waals surface area contributed by atoms with Crippen molar-refractivity contribution in [3.8, 4) is 39.5 Å². The first-order valence-electron chi connectivity index (χ1n) is 24.2. The number of hydrogen-bond acceptors (Lipinski definition) is 3. The van der Waals surface area contributed by atoms with E-state index in [0.29, 0.717) is 28.7 Å². The average Bonchev–Trinajstić information content (AvgIpc) is 3.86. The van der Waals surface area contributed by atoms with E-state index in [9.17, 15) is 0 Å². The summed E-state index contributed by atoms with van der Waals surface area (Å²) in [6.45, 7) is 19.4. The molecule has 9 aromatic rings. The van der Waals surface area contributed by atoms with E-state index in [0.717, 1.165) is 49.5 Å². The summed E-state index contributed by atoms with van der Waals surface area (Å²) in [5, 5.41) is 3.21. The van der Waals surface area contributed by atoms with E-state index in [-0.39, 0.29) is 31.6 Å². The molecule has 6 aromatic carbocycles. The van der Waals surface area contributed by atoms with Crippen LogP contribution in [0.4, 0.5) is 0 Å². The fraction of sp³-hybridized carbons (Fsp3) is 0.263. The molecule has 63 heavy (non-hydrogen) atoms. The third kappa shape index (κ3) is 9.46. The maximum Gasteiger partial charge on any atom is 0.121 e. The molecule has 0 amide bonds. The Bertz CT molecular complexity index is 3210. The molecule has 0 aliphatic rings. The summed E-state index contributed by atoms with van der Waals surface area (Å²) in [7, 11) is -1.78. The fourth-order valence-corrected chi connectivity index (χ4v) is 9.67. The maximum absolute atomic E-state index is 8.59. The van der Waals surface area contributed by atoms with E-state index in [1.54, 1.807) is 18.3 Å². The number of aryl methyl sites for hydroxylation is 2. The van der Waals surface area contributed by atoms with Gasteiger partial charge in [0.05, 0.1) is 30.5 Å². The van der Waals surface area contributed by atoms with E-state index >= 15 is 0 Å². The molecule has 3 heterocycles. The molecule has 9 rings (SSSR count). The second-order valence-corrected chi connectivity index (χ2v) is 23.3. The minimum absolute atomic E-state index is 0. The molecule has 0 fully saturated rings. The zero-order valence-corrected chi connectivity index (χ0v) is 41.3. The molecule has 0 saturated heterocycles. The van der Waals surface area contributed by atoms with Crippen molar-refractivity contribution in [2.45, 2.75) is 93.2 Å². The molecule has 0 atom stereocenters. The van der Waals surface area contributed by atoms with Gasteiger partial charge in [0.15, 0.2) is 0 Å². The van der Waals surface area contributed by atoms with E-state index < -0.39 is 21.3 Å². The second-order valence-electron chi connectivity index (χ2n) is 18.3. The summed E-state index contributed by atoms with van der Waals surface area (Å²) in [5.41, 5.74) is 14.3. The SMILES string of the molecule is Cc1ccc2c(c1)oc1c(-c3nc4ccccc4n3-c3c(C(C)C)cc(-c4ccccc4)cc3C(C)C)[c-]ccc12.[2H]C([2H])([2H])c1c[c-]c(-c2cc(C([2H])([2H])C(C)C)c([Si](C)(C)C)cn2)cc1.[Ir]. The van der Waals surface area contributed by atoms with Crippen LogP contribution in [0.3, 0.4) is 0 Å². The van der Waals surface area contributed by atoms with Gasteiger partial charge in [-0.15, -0.1) is 53.6 Å². The molecule has 0 unspecified atom stereocenters. The number of imidazole rings is 1. The molecule has 3 aromatic heterocycles. The molecular formula is C57H59IrN3OSi-2. The van der Waals surface area contributed by atoms with Crippen LogP contribution >= 0.6 is 0 Å². The van der Waals surface area contributed by atoms with Gasteiger partial charge in [0, 0.05) is 44.2 Å². The fourth-order valence-electron chi connectivity index (χ4n) is 8.27. The molecular weight excluding hydrogens is 963 g/mol. The summed E-state index contributed by atoms with van der Waals surface area (Å²) in [4.78, 5) is 9.79. The summed E-state index contributed by atoms with van der Waals surface area (Å²) in [6, 6.07) is 47.4. The zero-order chi connectivity index (χ0) is 48.2. The Kier molecular flexibility index (Phi) is 11.7. The van der Waals surface area contributed by atoms with Crippen molar-refractivity contribution in [2.24, 2.45) is 5.92 Å². The molecule has 6 heteroatoms. The average molecular weight is 1030 g/mol. The number of para-hydroxylation sites is 2. The van der Waals surface area contributed by atoms with Crippen molar-refractivity contribution < 1.29 is 31.4 Å². The zero-order valence-electron chi connectivity index (χ0n) is 42.9. The quantitative estimate of drug-likeness (QED) is 0.107. The van der Waals surface area contributed by atoms with Gasteiger partial charge in [-0.2, -0.15) is 0 Å². The summed E-state index contributed by atoms with van der Waals surface area (Å²) < 4.78 is 48.5. The minimum atomic E-state index is -2.16. The van der Waals surface area contributed by atoms with Crippen molar-refractivity contribution in [1.29, 1.82) is 0 Å². The van der Waals surface area contributed by atoms with Crippen LogP contribution in [0.5, 0.6) is 0 Å². The van der Waals surface area contributed by atoms with Gasteiger partial charge in [-0.3, -0.25) is 4.98 Å². The second kappa shape index (κ2) is 18.8. The van der Waals surface area contributed by atoms with Gasteiger partial charge >= 0.3 is 0 Å². The summed E-state index contributed by atoms with van der Waals surface area (Å²) >= 11 is 0. The molecule has 0 spiro atoms. The number of rotatable bonds is 9. The normalized spacial score (nSPS) is 13.4. The van der Waals surface area contributed by atoms with Gasteiger partial charge in [0.25, 0.3) is 0 Å². The van der Waals surface area contributed by atoms with Crippen LogP contribution in [-0.2, 0) is 26.5 Å². The van der Waals surface area contributed by atoms with Crippen LogP contribution in [0, 0.1) is 31.8 Å². The van der Waals surface area contributed by atoms with E-state index in [1.807, 2.05) is 26.0 Å². The molecule has 0 aliphatic carbocycles. The number of fused-ring (bicyclic) bond motifs is 4. The Hall–Kier alpha value is -5.39. The molecule has 1 radical (unpaired) electrons. The van der Waals surface area contributed by atoms with Crippen LogP contribution < -0.4 is 5.19 Å². The number of aromatic nitrogens is 3. The standard InChI is InChI=1S/C38H33N2O.C19H26NSi.Ir/c1-23(2)31-21-27(26-12-7-6-8-13-26)22-32(24(3)4)36(31)40-34-17-10-9-16-33(34)39-38(40)30-15-11-14-29-28-19-18-25(5)20-35(28)41-37(29)30;1-14(2)11-17-12-18(16-9-7-15(3)8-10-16)20-13-19(17)21(4,5)6;/h6-14,16-24H,1-5H3;7-9,12-14H,11H2,1-6H3;/q2*-1;/i;3D3,11D2;. The number of nitrogens with zero attached hydrogens (tertiary/aromatic N) is 3. The van der Waals surface area contributed by atoms with Crippen molar-refractivity contribution in [2.75, 3.05) is 0 Å². The van der Waals surface area contributed by atoms with Gasteiger partial charge in [0.1, 0.15) is 5.58 Å². The monoisotopic (exact) mass is 1030 g/mol. The number of benzene rings is 6. The van der Waals surface area contributed by atoms with Crippen LogP contribution in [0.2, 0.25) is 19.6 Å². The van der Waals surface area contributed by atoms with E-state index in [1.165, 1.54) is 39.6 Å². The Morgan fingerprint density at radius 2 is 1.46 bits per heavy atom. The number of pyridine rings is 1. The molecule has 0 saturated carbocycles. The molecule has 0 bridgehead atoms. The Morgan fingerprint density at radius 3 is 2.11 bits per heavy atom. The number of hydrogen-bond donors (Lipinski definition) is 0. The third-order valence-corrected chi connectivity index (χ3v) is 13.4. The van der Waals surface area contributed by atoms with Crippen LogP contribution in [-0.4, -0.2) is 22.6 Å². The number of furan rings is 1.